The van der Waals surface area contributed by atoms with E-state index in [1.807, 2.05) is 0 Å². The minimum Gasteiger partial charge on any atom is -0.472 e. The van der Waals surface area contributed by atoms with Gasteiger partial charge in [-0.25, -0.2) is 13.4 Å². The number of benzene rings is 1. The summed E-state index contributed by atoms with van der Waals surface area (Å²) in [5.74, 6) is -1.23. The summed E-state index contributed by atoms with van der Waals surface area (Å²) in [6, 6.07) is 7.25. The van der Waals surface area contributed by atoms with E-state index >= 15 is 0 Å². The molecule has 0 saturated carbocycles. The van der Waals surface area contributed by atoms with Crippen molar-refractivity contribution in [2.24, 2.45) is 0 Å². The van der Waals surface area contributed by atoms with E-state index < -0.39 is 45.0 Å². The van der Waals surface area contributed by atoms with Crippen LogP contribution in [-0.2, 0) is 16.2 Å². The fourth-order valence-electron chi connectivity index (χ4n) is 2.49. The summed E-state index contributed by atoms with van der Waals surface area (Å²) in [5.41, 5.74) is -1.17. The molecule has 1 aliphatic rings. The lowest BCUT2D eigenvalue weighted by atomic mass is 10.2. The first-order valence-electron chi connectivity index (χ1n) is 7.92. The first-order chi connectivity index (χ1) is 13.4. The van der Waals surface area contributed by atoms with Crippen molar-refractivity contribution in [2.45, 2.75) is 23.5 Å². The third kappa shape index (κ3) is 4.90. The summed E-state index contributed by atoms with van der Waals surface area (Å²) in [7, 11) is -4.33. The number of rotatable bonds is 5. The molecule has 0 spiro atoms. The molecule has 0 aliphatic carbocycles. The third-order valence-corrected chi connectivity index (χ3v) is 5.68. The lowest BCUT2D eigenvalue weighted by Crippen LogP contribution is -2.56. The van der Waals surface area contributed by atoms with Gasteiger partial charge >= 0.3 is 12.5 Å². The van der Waals surface area contributed by atoms with Gasteiger partial charge in [0, 0.05) is 6.07 Å². The van der Waals surface area contributed by atoms with Crippen molar-refractivity contribution in [1.82, 2.24) is 9.29 Å². The van der Waals surface area contributed by atoms with Gasteiger partial charge < -0.3 is 9.47 Å². The molecular formula is C16H12F6N2O4S. The Morgan fingerprint density at radius 2 is 1.62 bits per heavy atom. The average Bonchev–Trinajstić information content (AvgIpc) is 2.56. The van der Waals surface area contributed by atoms with E-state index in [0.717, 1.165) is 28.6 Å². The van der Waals surface area contributed by atoms with Crippen molar-refractivity contribution < 1.29 is 44.2 Å². The highest BCUT2D eigenvalue weighted by atomic mass is 32.2. The molecule has 0 bridgehead atoms. The predicted molar refractivity (Wildman–Crippen MR) is 85.5 cm³/mol. The fraction of sp³-hybridized carbons (Fsp3) is 0.312. The molecule has 0 unspecified atom stereocenters. The topological polar surface area (TPSA) is 68.7 Å². The van der Waals surface area contributed by atoms with E-state index in [0.29, 0.717) is 0 Å². The molecule has 0 atom stereocenters. The lowest BCUT2D eigenvalue weighted by Gasteiger charge is -2.37. The molecule has 0 radical (unpaired) electrons. The van der Waals surface area contributed by atoms with Crippen molar-refractivity contribution >= 4 is 10.0 Å². The molecule has 1 aromatic heterocycles. The van der Waals surface area contributed by atoms with Gasteiger partial charge in [-0.2, -0.15) is 17.5 Å². The van der Waals surface area contributed by atoms with Crippen LogP contribution in [0.3, 0.4) is 0 Å². The number of halogens is 6. The number of pyridine rings is 1. The molecule has 2 heterocycles. The maximum atomic E-state index is 12.7. The second kappa shape index (κ2) is 7.37. The van der Waals surface area contributed by atoms with Crippen LogP contribution in [0.15, 0.2) is 47.4 Å². The van der Waals surface area contributed by atoms with Crippen molar-refractivity contribution in [3.8, 4) is 11.6 Å². The molecule has 158 valence electrons. The predicted octanol–water partition coefficient (Wildman–Crippen LogP) is 3.45. The summed E-state index contributed by atoms with van der Waals surface area (Å²) < 4.78 is 110. The monoisotopic (exact) mass is 442 g/mol. The van der Waals surface area contributed by atoms with E-state index in [-0.39, 0.29) is 19.0 Å². The van der Waals surface area contributed by atoms with Gasteiger partial charge in [-0.1, -0.05) is 18.2 Å². The Bertz CT molecular complexity index is 987. The maximum Gasteiger partial charge on any atom is 0.573 e. The Hall–Kier alpha value is -2.54. The highest BCUT2D eigenvalue weighted by Gasteiger charge is 2.41. The van der Waals surface area contributed by atoms with Crippen molar-refractivity contribution in [3.05, 3.63) is 48.2 Å². The molecule has 29 heavy (non-hydrogen) atoms. The van der Waals surface area contributed by atoms with Gasteiger partial charge in [0.1, 0.15) is 22.4 Å². The molecule has 1 aromatic carbocycles. The number of para-hydroxylation sites is 1. The fourth-order valence-corrected chi connectivity index (χ4v) is 4.11. The van der Waals surface area contributed by atoms with Gasteiger partial charge in [0.2, 0.25) is 15.9 Å². The van der Waals surface area contributed by atoms with Gasteiger partial charge in [-0.05, 0) is 18.2 Å². The van der Waals surface area contributed by atoms with Gasteiger partial charge in [-0.15, -0.1) is 13.2 Å². The number of hydrogen-bond donors (Lipinski definition) is 0. The Balaban J connectivity index is 1.70. The smallest absolute Gasteiger partial charge is 0.472 e. The first-order valence-corrected chi connectivity index (χ1v) is 9.36. The van der Waals surface area contributed by atoms with E-state index in [1.54, 1.807) is 0 Å². The third-order valence-electron chi connectivity index (χ3n) is 3.81. The first kappa shape index (κ1) is 21.2. The van der Waals surface area contributed by atoms with Gasteiger partial charge in [-0.3, -0.25) is 0 Å². The summed E-state index contributed by atoms with van der Waals surface area (Å²) in [6.45, 7) is -0.554. The normalized spacial score (nSPS) is 16.3. The Morgan fingerprint density at radius 3 is 2.24 bits per heavy atom. The van der Waals surface area contributed by atoms with Crippen LogP contribution in [0.4, 0.5) is 26.3 Å². The molecule has 2 aromatic rings. The molecular weight excluding hydrogens is 430 g/mol. The Labute approximate surface area is 160 Å². The lowest BCUT2D eigenvalue weighted by molar-refractivity contribution is -0.275. The molecule has 13 heteroatoms. The molecule has 1 saturated heterocycles. The second-order valence-corrected chi connectivity index (χ2v) is 7.82. The molecule has 1 fully saturated rings. The zero-order chi connectivity index (χ0) is 21.4. The minimum absolute atomic E-state index is 0.277. The van der Waals surface area contributed by atoms with Crippen molar-refractivity contribution in [3.63, 3.8) is 0 Å². The van der Waals surface area contributed by atoms with Crippen LogP contribution >= 0.6 is 0 Å². The van der Waals surface area contributed by atoms with E-state index in [1.165, 1.54) is 18.2 Å². The van der Waals surface area contributed by atoms with Gasteiger partial charge in [0.25, 0.3) is 0 Å². The summed E-state index contributed by atoms with van der Waals surface area (Å²) in [5, 5.41) is 0. The zero-order valence-corrected chi connectivity index (χ0v) is 15.1. The minimum atomic E-state index is -5.08. The number of alkyl halides is 6. The zero-order valence-electron chi connectivity index (χ0n) is 14.2. The second-order valence-electron chi connectivity index (χ2n) is 5.92. The number of hydrogen-bond acceptors (Lipinski definition) is 5. The largest absolute Gasteiger partial charge is 0.573 e. The molecule has 6 nitrogen and oxygen atoms in total. The summed E-state index contributed by atoms with van der Waals surface area (Å²) >= 11 is 0. The summed E-state index contributed by atoms with van der Waals surface area (Å²) in [6.07, 6.45) is -10.6. The van der Waals surface area contributed by atoms with Crippen LogP contribution in [0.1, 0.15) is 5.69 Å². The molecule has 3 rings (SSSR count). The Kier molecular flexibility index (Phi) is 5.38. The molecule has 1 aliphatic heterocycles. The van der Waals surface area contributed by atoms with Crippen LogP contribution in [0, 0.1) is 0 Å². The quantitative estimate of drug-likeness (QED) is 0.664. The summed E-state index contributed by atoms with van der Waals surface area (Å²) in [4.78, 5) is 2.62. The highest BCUT2D eigenvalue weighted by Crippen LogP contribution is 2.34. The van der Waals surface area contributed by atoms with Crippen LogP contribution in [-0.4, -0.2) is 43.3 Å². The number of nitrogens with zero attached hydrogens (tertiary/aromatic N) is 2. The van der Waals surface area contributed by atoms with Crippen molar-refractivity contribution in [1.29, 1.82) is 0 Å². The van der Waals surface area contributed by atoms with Gasteiger partial charge in [0.05, 0.1) is 13.1 Å². The standard InChI is InChI=1S/C16H12F6N2O4S/c17-15(18,19)13-6-3-7-14(23-13)27-10-8-24(9-10)29(25,26)12-5-2-1-4-11(12)28-16(20,21)22/h1-7,10H,8-9H2. The molecule has 0 N–H and O–H groups in total. The van der Waals surface area contributed by atoms with E-state index in [4.69, 9.17) is 4.74 Å². The van der Waals surface area contributed by atoms with Crippen LogP contribution in [0.2, 0.25) is 0 Å². The highest BCUT2D eigenvalue weighted by molar-refractivity contribution is 7.89. The maximum absolute atomic E-state index is 12.7. The number of ether oxygens (including phenoxy) is 2. The van der Waals surface area contributed by atoms with Crippen molar-refractivity contribution in [2.75, 3.05) is 13.1 Å². The average molecular weight is 442 g/mol. The number of sulfonamides is 1. The van der Waals surface area contributed by atoms with Crippen LogP contribution in [0.25, 0.3) is 0 Å². The SMILES string of the molecule is O=S(=O)(c1ccccc1OC(F)(F)F)N1CC(Oc2cccc(C(F)(F)F)n2)C1. The molecule has 0 amide bonds. The van der Waals surface area contributed by atoms with E-state index in [2.05, 4.69) is 9.72 Å². The van der Waals surface area contributed by atoms with Gasteiger partial charge in [0.15, 0.2) is 0 Å². The number of aromatic nitrogens is 1. The van der Waals surface area contributed by atoms with E-state index in [9.17, 15) is 34.8 Å². The Morgan fingerprint density at radius 1 is 0.966 bits per heavy atom. The van der Waals surface area contributed by atoms with Crippen LogP contribution in [0.5, 0.6) is 11.6 Å². The van der Waals surface area contributed by atoms with Crippen LogP contribution < -0.4 is 9.47 Å².